The fourth-order valence-electron chi connectivity index (χ4n) is 2.91. The highest BCUT2D eigenvalue weighted by molar-refractivity contribution is 7.92. The van der Waals surface area contributed by atoms with Crippen molar-refractivity contribution in [3.8, 4) is 5.75 Å². The lowest BCUT2D eigenvalue weighted by Gasteiger charge is -2.34. The van der Waals surface area contributed by atoms with E-state index in [9.17, 15) is 13.2 Å². The molecule has 7 heteroatoms. The van der Waals surface area contributed by atoms with Gasteiger partial charge in [-0.05, 0) is 50.5 Å². The first kappa shape index (κ1) is 17.6. The van der Waals surface area contributed by atoms with E-state index in [1.54, 1.807) is 43.2 Å². The number of piperidine rings is 1. The molecule has 1 unspecified atom stereocenters. The second kappa shape index (κ2) is 7.21. The third-order valence-electron chi connectivity index (χ3n) is 4.06. The van der Waals surface area contributed by atoms with Gasteiger partial charge >= 0.3 is 0 Å². The van der Waals surface area contributed by atoms with Crippen molar-refractivity contribution in [1.82, 2.24) is 4.90 Å². The van der Waals surface area contributed by atoms with Crippen LogP contribution in [0.5, 0.6) is 5.75 Å². The van der Waals surface area contributed by atoms with Crippen molar-refractivity contribution < 1.29 is 17.9 Å². The van der Waals surface area contributed by atoms with E-state index in [4.69, 9.17) is 4.74 Å². The number of likely N-dealkylation sites (tertiary alicyclic amines) is 1. The van der Waals surface area contributed by atoms with Gasteiger partial charge in [-0.25, -0.2) is 8.42 Å². The summed E-state index contributed by atoms with van der Waals surface area (Å²) in [6.45, 7) is 3.04. The van der Waals surface area contributed by atoms with Gasteiger partial charge < -0.3 is 9.64 Å². The van der Waals surface area contributed by atoms with Crippen molar-refractivity contribution in [3.63, 3.8) is 0 Å². The van der Waals surface area contributed by atoms with Crippen LogP contribution in [0.25, 0.3) is 0 Å². The van der Waals surface area contributed by atoms with Gasteiger partial charge in [-0.1, -0.05) is 0 Å². The number of amides is 1. The number of hydrogen-bond donors (Lipinski definition) is 0. The number of nitrogens with zero attached hydrogens (tertiary/aromatic N) is 2. The van der Waals surface area contributed by atoms with Gasteiger partial charge in [0.05, 0.1) is 19.1 Å². The monoisotopic (exact) mass is 340 g/mol. The van der Waals surface area contributed by atoms with Gasteiger partial charge in [0.15, 0.2) is 0 Å². The fourth-order valence-corrected chi connectivity index (χ4v) is 4.08. The predicted molar refractivity (Wildman–Crippen MR) is 90.2 cm³/mol. The maximum Gasteiger partial charge on any atom is 0.246 e. The highest BCUT2D eigenvalue weighted by atomic mass is 32.2. The zero-order chi connectivity index (χ0) is 17.0. The van der Waals surface area contributed by atoms with Gasteiger partial charge in [0.1, 0.15) is 11.8 Å². The summed E-state index contributed by atoms with van der Waals surface area (Å²) in [4.78, 5) is 14.4. The molecule has 1 aliphatic rings. The van der Waals surface area contributed by atoms with Crippen LogP contribution in [0.2, 0.25) is 0 Å². The number of ether oxygens (including phenoxy) is 1. The molecule has 0 aliphatic carbocycles. The minimum Gasteiger partial charge on any atom is -0.497 e. The van der Waals surface area contributed by atoms with E-state index < -0.39 is 16.1 Å². The predicted octanol–water partition coefficient (Wildman–Crippen LogP) is 1.86. The Morgan fingerprint density at radius 3 is 2.22 bits per heavy atom. The molecule has 1 amide bonds. The molecule has 1 aromatic carbocycles. The van der Waals surface area contributed by atoms with Crippen LogP contribution < -0.4 is 9.04 Å². The maximum absolute atomic E-state index is 12.7. The number of benzene rings is 1. The number of carbonyl (C=O) groups excluding carboxylic acids is 1. The number of sulfonamides is 1. The Labute approximate surface area is 138 Å². The molecule has 1 heterocycles. The molecule has 1 saturated heterocycles. The molecule has 23 heavy (non-hydrogen) atoms. The second-order valence-electron chi connectivity index (χ2n) is 5.82. The van der Waals surface area contributed by atoms with Crippen LogP contribution in [0.15, 0.2) is 24.3 Å². The molecule has 6 nitrogen and oxygen atoms in total. The summed E-state index contributed by atoms with van der Waals surface area (Å²) in [5.74, 6) is 0.489. The van der Waals surface area contributed by atoms with Crippen molar-refractivity contribution in [2.75, 3.05) is 30.8 Å². The third kappa shape index (κ3) is 4.16. The summed E-state index contributed by atoms with van der Waals surface area (Å²) in [6, 6.07) is 5.91. The fraction of sp³-hybridized carbons (Fsp3) is 0.562. The number of methoxy groups -OCH3 is 1. The quantitative estimate of drug-likeness (QED) is 0.820. The summed E-state index contributed by atoms with van der Waals surface area (Å²) < 4.78 is 30.8. The van der Waals surface area contributed by atoms with Crippen molar-refractivity contribution in [1.29, 1.82) is 0 Å². The first-order valence-corrected chi connectivity index (χ1v) is 9.61. The lowest BCUT2D eigenvalue weighted by molar-refractivity contribution is -0.132. The SMILES string of the molecule is COc1ccc(N(C(C)C(=O)N2CCCCC2)S(C)(=O)=O)cc1. The van der Waals surface area contributed by atoms with E-state index in [0.717, 1.165) is 25.5 Å². The average Bonchev–Trinajstić information content (AvgIpc) is 2.54. The molecular weight excluding hydrogens is 316 g/mol. The number of anilines is 1. The summed E-state index contributed by atoms with van der Waals surface area (Å²) in [5.41, 5.74) is 0.464. The summed E-state index contributed by atoms with van der Waals surface area (Å²) >= 11 is 0. The lowest BCUT2D eigenvalue weighted by Crippen LogP contribution is -2.50. The van der Waals surface area contributed by atoms with E-state index in [-0.39, 0.29) is 5.91 Å². The third-order valence-corrected chi connectivity index (χ3v) is 5.30. The lowest BCUT2D eigenvalue weighted by atomic mass is 10.1. The minimum atomic E-state index is -3.58. The molecule has 0 spiro atoms. The van der Waals surface area contributed by atoms with Gasteiger partial charge in [-0.15, -0.1) is 0 Å². The van der Waals surface area contributed by atoms with E-state index in [1.807, 2.05) is 0 Å². The molecule has 0 N–H and O–H groups in total. The smallest absolute Gasteiger partial charge is 0.246 e. The van der Waals surface area contributed by atoms with Crippen molar-refractivity contribution >= 4 is 21.6 Å². The minimum absolute atomic E-state index is 0.147. The first-order valence-electron chi connectivity index (χ1n) is 7.77. The van der Waals surface area contributed by atoms with Crippen molar-refractivity contribution in [2.45, 2.75) is 32.2 Å². The molecule has 2 rings (SSSR count). The molecule has 1 fully saturated rings. The Kier molecular flexibility index (Phi) is 5.51. The Morgan fingerprint density at radius 1 is 1.17 bits per heavy atom. The van der Waals surface area contributed by atoms with Crippen LogP contribution in [-0.4, -0.2) is 51.7 Å². The van der Waals surface area contributed by atoms with Gasteiger partial charge in [0.25, 0.3) is 0 Å². The molecule has 1 aliphatic heterocycles. The van der Waals surface area contributed by atoms with Crippen molar-refractivity contribution in [3.05, 3.63) is 24.3 Å². The van der Waals surface area contributed by atoms with Crippen LogP contribution in [-0.2, 0) is 14.8 Å². The van der Waals surface area contributed by atoms with Crippen LogP contribution in [0.1, 0.15) is 26.2 Å². The highest BCUT2D eigenvalue weighted by Gasteiger charge is 2.32. The number of carbonyl (C=O) groups is 1. The zero-order valence-electron chi connectivity index (χ0n) is 13.9. The number of rotatable bonds is 5. The van der Waals surface area contributed by atoms with Gasteiger partial charge in [-0.3, -0.25) is 9.10 Å². The molecule has 0 radical (unpaired) electrons. The second-order valence-corrected chi connectivity index (χ2v) is 7.68. The Bertz CT molecular complexity index is 637. The summed E-state index contributed by atoms with van der Waals surface area (Å²) in [6.07, 6.45) is 4.18. The number of hydrogen-bond acceptors (Lipinski definition) is 4. The molecular formula is C16H24N2O4S. The molecule has 0 bridgehead atoms. The topological polar surface area (TPSA) is 66.9 Å². The van der Waals surface area contributed by atoms with Gasteiger partial charge in [0.2, 0.25) is 15.9 Å². The largest absolute Gasteiger partial charge is 0.497 e. The summed E-state index contributed by atoms with van der Waals surface area (Å²) in [7, 11) is -2.03. The molecule has 128 valence electrons. The van der Waals surface area contributed by atoms with E-state index in [0.29, 0.717) is 24.5 Å². The van der Waals surface area contributed by atoms with Crippen LogP contribution in [0.4, 0.5) is 5.69 Å². The average molecular weight is 340 g/mol. The van der Waals surface area contributed by atoms with Crippen LogP contribution >= 0.6 is 0 Å². The molecule has 1 aromatic rings. The highest BCUT2D eigenvalue weighted by Crippen LogP contribution is 2.25. The van der Waals surface area contributed by atoms with E-state index in [2.05, 4.69) is 0 Å². The Morgan fingerprint density at radius 2 is 1.74 bits per heavy atom. The standard InChI is InChI=1S/C16H24N2O4S/c1-13(16(19)17-11-5-4-6-12-17)18(23(3,20)21)14-7-9-15(22-2)10-8-14/h7-10,13H,4-6,11-12H2,1-3H3. The molecule has 0 saturated carbocycles. The first-order chi connectivity index (χ1) is 10.8. The van der Waals surface area contributed by atoms with Crippen LogP contribution in [0, 0.1) is 0 Å². The Balaban J connectivity index is 2.28. The van der Waals surface area contributed by atoms with E-state index in [1.165, 1.54) is 4.31 Å². The normalized spacial score (nSPS) is 16.7. The van der Waals surface area contributed by atoms with Crippen LogP contribution in [0.3, 0.4) is 0 Å². The van der Waals surface area contributed by atoms with E-state index >= 15 is 0 Å². The van der Waals surface area contributed by atoms with Crippen molar-refractivity contribution in [2.24, 2.45) is 0 Å². The Hall–Kier alpha value is -1.76. The molecule has 0 aromatic heterocycles. The van der Waals surface area contributed by atoms with Gasteiger partial charge in [0, 0.05) is 13.1 Å². The maximum atomic E-state index is 12.7. The van der Waals surface area contributed by atoms with Gasteiger partial charge in [-0.2, -0.15) is 0 Å². The molecule has 1 atom stereocenters. The summed E-state index contributed by atoms with van der Waals surface area (Å²) in [5, 5.41) is 0. The zero-order valence-corrected chi connectivity index (χ0v) is 14.7.